The quantitative estimate of drug-likeness (QED) is 0.552. The van der Waals surface area contributed by atoms with Gasteiger partial charge in [0.1, 0.15) is 5.76 Å². The predicted octanol–water partition coefficient (Wildman–Crippen LogP) is 2.88. The van der Waals surface area contributed by atoms with E-state index in [2.05, 4.69) is 12.6 Å². The lowest BCUT2D eigenvalue weighted by Crippen LogP contribution is -1.87. The fourth-order valence-corrected chi connectivity index (χ4v) is 1.37. The molecule has 1 aromatic rings. The Morgan fingerprint density at radius 1 is 1.70 bits per heavy atom. The van der Waals surface area contributed by atoms with Crippen LogP contribution in [0.2, 0.25) is 0 Å². The van der Waals surface area contributed by atoms with E-state index in [0.717, 1.165) is 12.2 Å². The van der Waals surface area contributed by atoms with Gasteiger partial charge in [0.2, 0.25) is 0 Å². The number of halogens is 1. The molecule has 1 nitrogen and oxygen atoms in total. The van der Waals surface area contributed by atoms with E-state index in [1.54, 1.807) is 6.26 Å². The van der Waals surface area contributed by atoms with Crippen molar-refractivity contribution in [3.05, 3.63) is 24.2 Å². The van der Waals surface area contributed by atoms with Gasteiger partial charge < -0.3 is 4.42 Å². The van der Waals surface area contributed by atoms with Gasteiger partial charge in [0.15, 0.2) is 0 Å². The van der Waals surface area contributed by atoms with Gasteiger partial charge in [-0.15, -0.1) is 11.6 Å². The van der Waals surface area contributed by atoms with Crippen LogP contribution in [0.3, 0.4) is 0 Å². The van der Waals surface area contributed by atoms with E-state index < -0.39 is 0 Å². The third kappa shape index (κ3) is 1.96. The molecule has 1 aromatic heterocycles. The smallest absolute Gasteiger partial charge is 0.116 e. The van der Waals surface area contributed by atoms with Crippen molar-refractivity contribution in [1.82, 2.24) is 0 Å². The van der Waals surface area contributed by atoms with Crippen LogP contribution in [0.25, 0.3) is 0 Å². The Morgan fingerprint density at radius 2 is 2.50 bits per heavy atom. The summed E-state index contributed by atoms with van der Waals surface area (Å²) < 4.78 is 5.11. The Balaban J connectivity index is 2.50. The number of furan rings is 1. The van der Waals surface area contributed by atoms with Crippen LogP contribution in [0.4, 0.5) is 0 Å². The molecule has 0 radical (unpaired) electrons. The van der Waals surface area contributed by atoms with Gasteiger partial charge in [-0.3, -0.25) is 0 Å². The molecule has 0 spiro atoms. The molecule has 0 saturated carbocycles. The lowest BCUT2D eigenvalue weighted by atomic mass is 10.3. The van der Waals surface area contributed by atoms with E-state index in [0.29, 0.717) is 5.88 Å². The maximum absolute atomic E-state index is 5.52. The van der Waals surface area contributed by atoms with Crippen LogP contribution in [-0.2, 0) is 0 Å². The number of hydrogen-bond donors (Lipinski definition) is 1. The van der Waals surface area contributed by atoms with Crippen molar-refractivity contribution in [3.8, 4) is 0 Å². The average Bonchev–Trinajstić information content (AvgIpc) is 2.38. The van der Waals surface area contributed by atoms with Gasteiger partial charge in [-0.05, 0) is 18.6 Å². The molecule has 0 aliphatic heterocycles. The molecular weight excluding hydrogens is 168 g/mol. The fourth-order valence-electron chi connectivity index (χ4n) is 0.726. The third-order valence-electron chi connectivity index (χ3n) is 1.25. The molecular formula is C7H9ClOS. The second-order valence-corrected chi connectivity index (χ2v) is 3.01. The summed E-state index contributed by atoms with van der Waals surface area (Å²) in [4.78, 5) is 0. The number of rotatable bonds is 3. The topological polar surface area (TPSA) is 13.1 Å². The van der Waals surface area contributed by atoms with Gasteiger partial charge >= 0.3 is 0 Å². The van der Waals surface area contributed by atoms with Crippen LogP contribution in [0.15, 0.2) is 22.8 Å². The highest BCUT2D eigenvalue weighted by molar-refractivity contribution is 7.80. The summed E-state index contributed by atoms with van der Waals surface area (Å²) in [5.41, 5.74) is 0. The first-order chi connectivity index (χ1) is 4.84. The molecule has 0 saturated heterocycles. The van der Waals surface area contributed by atoms with Crippen LogP contribution in [-0.4, -0.2) is 5.88 Å². The molecule has 1 rings (SSSR count). The predicted molar refractivity (Wildman–Crippen MR) is 45.8 cm³/mol. The van der Waals surface area contributed by atoms with E-state index in [1.807, 2.05) is 12.1 Å². The first-order valence-corrected chi connectivity index (χ1v) is 4.17. The zero-order chi connectivity index (χ0) is 7.40. The molecule has 0 aromatic carbocycles. The van der Waals surface area contributed by atoms with Crippen LogP contribution in [0, 0.1) is 0 Å². The molecule has 1 heterocycles. The summed E-state index contributed by atoms with van der Waals surface area (Å²) in [5, 5.41) is 0.146. The first kappa shape index (κ1) is 8.02. The molecule has 3 heteroatoms. The van der Waals surface area contributed by atoms with Gasteiger partial charge in [0.05, 0.1) is 11.5 Å². The lowest BCUT2D eigenvalue weighted by Gasteiger charge is -2.02. The van der Waals surface area contributed by atoms with Crippen molar-refractivity contribution < 1.29 is 4.42 Å². The van der Waals surface area contributed by atoms with E-state index >= 15 is 0 Å². The highest BCUT2D eigenvalue weighted by atomic mass is 35.5. The van der Waals surface area contributed by atoms with Crippen LogP contribution < -0.4 is 0 Å². The maximum Gasteiger partial charge on any atom is 0.116 e. The zero-order valence-corrected chi connectivity index (χ0v) is 7.11. The van der Waals surface area contributed by atoms with Crippen molar-refractivity contribution in [2.75, 3.05) is 5.88 Å². The molecule has 1 unspecified atom stereocenters. The van der Waals surface area contributed by atoms with Gasteiger partial charge in [0.25, 0.3) is 0 Å². The third-order valence-corrected chi connectivity index (χ3v) is 1.99. The summed E-state index contributed by atoms with van der Waals surface area (Å²) in [6.45, 7) is 0. The lowest BCUT2D eigenvalue weighted by molar-refractivity contribution is 0.503. The highest BCUT2D eigenvalue weighted by Gasteiger charge is 2.06. The van der Waals surface area contributed by atoms with Crippen molar-refractivity contribution in [2.24, 2.45) is 0 Å². The first-order valence-electron chi connectivity index (χ1n) is 3.12. The molecule has 0 aliphatic rings. The van der Waals surface area contributed by atoms with Crippen LogP contribution >= 0.6 is 24.2 Å². The van der Waals surface area contributed by atoms with E-state index in [4.69, 9.17) is 16.0 Å². The summed E-state index contributed by atoms with van der Waals surface area (Å²) >= 11 is 9.81. The van der Waals surface area contributed by atoms with E-state index in [9.17, 15) is 0 Å². The Hall–Kier alpha value is -0.0800. The number of hydrogen-bond acceptors (Lipinski definition) is 2. The summed E-state index contributed by atoms with van der Waals surface area (Å²) in [7, 11) is 0. The van der Waals surface area contributed by atoms with Crippen molar-refractivity contribution in [3.63, 3.8) is 0 Å². The normalized spacial score (nSPS) is 13.4. The monoisotopic (exact) mass is 176 g/mol. The van der Waals surface area contributed by atoms with Crippen molar-refractivity contribution in [1.29, 1.82) is 0 Å². The number of alkyl halides is 1. The highest BCUT2D eigenvalue weighted by Crippen LogP contribution is 2.23. The van der Waals surface area contributed by atoms with Gasteiger partial charge in [-0.1, -0.05) is 0 Å². The molecule has 0 N–H and O–H groups in total. The second-order valence-electron chi connectivity index (χ2n) is 2.01. The van der Waals surface area contributed by atoms with Crippen LogP contribution in [0.5, 0.6) is 0 Å². The zero-order valence-electron chi connectivity index (χ0n) is 5.46. The van der Waals surface area contributed by atoms with E-state index in [1.165, 1.54) is 0 Å². The molecule has 0 amide bonds. The molecule has 56 valence electrons. The standard InChI is InChI=1S/C7H9ClOS/c8-4-3-7(10)6-2-1-5-9-6/h1-2,5,7,10H,3-4H2. The van der Waals surface area contributed by atoms with Crippen molar-refractivity contribution >= 4 is 24.2 Å². The summed E-state index contributed by atoms with van der Waals surface area (Å²) in [5.74, 6) is 1.51. The number of thiol groups is 1. The van der Waals surface area contributed by atoms with Crippen LogP contribution in [0.1, 0.15) is 17.4 Å². The summed E-state index contributed by atoms with van der Waals surface area (Å²) in [6, 6.07) is 3.76. The molecule has 10 heavy (non-hydrogen) atoms. The molecule has 0 fully saturated rings. The minimum Gasteiger partial charge on any atom is -0.468 e. The minimum atomic E-state index is 0.146. The largest absolute Gasteiger partial charge is 0.468 e. The maximum atomic E-state index is 5.52. The van der Waals surface area contributed by atoms with E-state index in [-0.39, 0.29) is 5.25 Å². The summed E-state index contributed by atoms with van der Waals surface area (Å²) in [6.07, 6.45) is 2.49. The Kier molecular flexibility index (Phi) is 3.16. The Morgan fingerprint density at radius 3 is 3.00 bits per heavy atom. The van der Waals surface area contributed by atoms with Crippen molar-refractivity contribution in [2.45, 2.75) is 11.7 Å². The minimum absolute atomic E-state index is 0.146. The Bertz CT molecular complexity index is 174. The fraction of sp³-hybridized carbons (Fsp3) is 0.429. The molecule has 0 aliphatic carbocycles. The Labute approximate surface area is 70.8 Å². The molecule has 0 bridgehead atoms. The average molecular weight is 177 g/mol. The van der Waals surface area contributed by atoms with Gasteiger partial charge in [-0.2, -0.15) is 12.6 Å². The van der Waals surface area contributed by atoms with Gasteiger partial charge in [0, 0.05) is 5.88 Å². The SMILES string of the molecule is SC(CCCl)c1ccco1. The second kappa shape index (κ2) is 3.94. The van der Waals surface area contributed by atoms with Gasteiger partial charge in [-0.25, -0.2) is 0 Å². The molecule has 1 atom stereocenters.